The Bertz CT molecular complexity index is 730. The molecule has 126 valence electrons. The molecule has 1 atom stereocenters. The van der Waals surface area contributed by atoms with Crippen LogP contribution in [-0.4, -0.2) is 22.7 Å². The Kier molecular flexibility index (Phi) is 4.00. The zero-order chi connectivity index (χ0) is 16.5. The Labute approximate surface area is 141 Å². The van der Waals surface area contributed by atoms with Gasteiger partial charge in [-0.25, -0.2) is 0 Å². The molecule has 0 saturated heterocycles. The van der Waals surface area contributed by atoms with Crippen LogP contribution < -0.4 is 10.1 Å². The van der Waals surface area contributed by atoms with E-state index in [4.69, 9.17) is 4.74 Å². The van der Waals surface area contributed by atoms with E-state index in [1.807, 2.05) is 19.1 Å². The number of ether oxygens (including phenoxy) is 1. The molecule has 2 aliphatic rings. The van der Waals surface area contributed by atoms with Crippen LogP contribution in [0.2, 0.25) is 0 Å². The summed E-state index contributed by atoms with van der Waals surface area (Å²) in [6.07, 6.45) is 5.54. The number of rotatable bonds is 4. The summed E-state index contributed by atoms with van der Waals surface area (Å²) in [4.78, 5) is 12.1. The van der Waals surface area contributed by atoms with E-state index in [0.717, 1.165) is 17.0 Å². The number of hydrogen-bond acceptors (Lipinski definition) is 3. The summed E-state index contributed by atoms with van der Waals surface area (Å²) in [6.45, 7) is 2.64. The molecule has 2 aromatic rings. The highest BCUT2D eigenvalue weighted by Crippen LogP contribution is 2.46. The first-order chi connectivity index (χ1) is 11.8. The fraction of sp³-hybridized carbons (Fsp3) is 0.474. The van der Waals surface area contributed by atoms with Gasteiger partial charge in [0.05, 0.1) is 12.3 Å². The maximum Gasteiger partial charge on any atom is 0.226 e. The van der Waals surface area contributed by atoms with Crippen LogP contribution >= 0.6 is 0 Å². The number of nitrogens with one attached hydrogen (secondary N) is 2. The van der Waals surface area contributed by atoms with Gasteiger partial charge in [0.15, 0.2) is 5.82 Å². The molecular weight excluding hydrogens is 302 g/mol. The number of carbonyl (C=O) groups excluding carboxylic acids is 1. The number of benzene rings is 1. The van der Waals surface area contributed by atoms with E-state index in [-0.39, 0.29) is 11.8 Å². The third-order valence-electron chi connectivity index (χ3n) is 5.26. The number of carbonyl (C=O) groups is 1. The summed E-state index contributed by atoms with van der Waals surface area (Å²) in [5.41, 5.74) is 3.31. The molecular formula is C19H23N3O2. The summed E-state index contributed by atoms with van der Waals surface area (Å²) < 4.78 is 5.52. The second-order valence-electron chi connectivity index (χ2n) is 6.72. The lowest BCUT2D eigenvalue weighted by Gasteiger charge is -2.28. The van der Waals surface area contributed by atoms with E-state index in [0.29, 0.717) is 24.8 Å². The molecule has 24 heavy (non-hydrogen) atoms. The summed E-state index contributed by atoms with van der Waals surface area (Å²) in [7, 11) is 0. The van der Waals surface area contributed by atoms with E-state index in [1.54, 1.807) is 0 Å². The van der Waals surface area contributed by atoms with Crippen molar-refractivity contribution in [3.8, 4) is 17.0 Å². The van der Waals surface area contributed by atoms with Crippen LogP contribution in [0, 0.1) is 5.92 Å². The number of aromatic amines is 1. The van der Waals surface area contributed by atoms with Crippen LogP contribution in [-0.2, 0) is 4.79 Å². The molecule has 1 aromatic heterocycles. The summed E-state index contributed by atoms with van der Waals surface area (Å²) in [6, 6.07) is 8.08. The minimum absolute atomic E-state index is 0.0872. The van der Waals surface area contributed by atoms with Crippen molar-refractivity contribution in [2.24, 2.45) is 5.92 Å². The van der Waals surface area contributed by atoms with Gasteiger partial charge in [0.25, 0.3) is 0 Å². The number of anilines is 1. The number of aromatic nitrogens is 2. The lowest BCUT2D eigenvalue weighted by molar-refractivity contribution is -0.117. The third kappa shape index (κ3) is 2.68. The summed E-state index contributed by atoms with van der Waals surface area (Å²) in [5.74, 6) is 2.54. The molecule has 1 aromatic carbocycles. The van der Waals surface area contributed by atoms with Crippen molar-refractivity contribution >= 4 is 11.7 Å². The second kappa shape index (κ2) is 6.30. The molecule has 2 heterocycles. The maximum absolute atomic E-state index is 12.1. The highest BCUT2D eigenvalue weighted by atomic mass is 16.5. The highest BCUT2D eigenvalue weighted by Gasteiger charge is 2.36. The quantitative estimate of drug-likeness (QED) is 0.889. The van der Waals surface area contributed by atoms with Crippen molar-refractivity contribution in [3.63, 3.8) is 0 Å². The number of hydrogen-bond donors (Lipinski definition) is 2. The Balaban J connectivity index is 1.71. The Morgan fingerprint density at radius 1 is 1.21 bits per heavy atom. The van der Waals surface area contributed by atoms with Crippen molar-refractivity contribution < 1.29 is 9.53 Å². The molecule has 2 N–H and O–H groups in total. The second-order valence-corrected chi connectivity index (χ2v) is 6.72. The van der Waals surface area contributed by atoms with Gasteiger partial charge in [0.1, 0.15) is 5.75 Å². The van der Waals surface area contributed by atoms with Gasteiger partial charge in [-0.3, -0.25) is 9.89 Å². The first kappa shape index (κ1) is 15.2. The topological polar surface area (TPSA) is 67.0 Å². The highest BCUT2D eigenvalue weighted by molar-refractivity contribution is 5.95. The van der Waals surface area contributed by atoms with Crippen LogP contribution in [0.25, 0.3) is 11.3 Å². The third-order valence-corrected chi connectivity index (χ3v) is 5.26. The zero-order valence-corrected chi connectivity index (χ0v) is 14.0. The first-order valence-corrected chi connectivity index (χ1v) is 8.87. The van der Waals surface area contributed by atoms with Gasteiger partial charge in [-0.15, -0.1) is 0 Å². The Morgan fingerprint density at radius 3 is 2.67 bits per heavy atom. The van der Waals surface area contributed by atoms with Crippen molar-refractivity contribution in [1.29, 1.82) is 0 Å². The normalized spacial score (nSPS) is 20.7. The van der Waals surface area contributed by atoms with E-state index in [9.17, 15) is 4.79 Å². The van der Waals surface area contributed by atoms with E-state index in [2.05, 4.69) is 27.6 Å². The molecule has 4 rings (SSSR count). The van der Waals surface area contributed by atoms with Gasteiger partial charge in [0.2, 0.25) is 5.91 Å². The molecule has 1 fully saturated rings. The first-order valence-electron chi connectivity index (χ1n) is 8.87. The van der Waals surface area contributed by atoms with E-state index >= 15 is 0 Å². The molecule has 5 heteroatoms. The summed E-state index contributed by atoms with van der Waals surface area (Å²) in [5, 5.41) is 10.5. The molecule has 0 spiro atoms. The van der Waals surface area contributed by atoms with Gasteiger partial charge in [0, 0.05) is 23.5 Å². The van der Waals surface area contributed by atoms with Crippen molar-refractivity contribution in [1.82, 2.24) is 10.2 Å². The molecule has 0 radical (unpaired) electrons. The molecule has 0 bridgehead atoms. The maximum atomic E-state index is 12.1. The monoisotopic (exact) mass is 325 g/mol. The van der Waals surface area contributed by atoms with E-state index in [1.165, 1.54) is 31.2 Å². The van der Waals surface area contributed by atoms with Crippen LogP contribution in [0.5, 0.6) is 5.75 Å². The van der Waals surface area contributed by atoms with Crippen molar-refractivity contribution in [2.75, 3.05) is 11.9 Å². The minimum atomic E-state index is 0.0872. The zero-order valence-electron chi connectivity index (χ0n) is 14.0. The standard InChI is InChI=1S/C19H23N3O2/c1-2-24-14-9-7-13(8-10-14)18-17-15(12-5-3-4-6-12)11-16(23)20-19(17)22-21-18/h7-10,12,15H,2-6,11H2,1H3,(H2,20,21,22,23). The van der Waals surface area contributed by atoms with Crippen LogP contribution in [0.4, 0.5) is 5.82 Å². The SMILES string of the molecule is CCOc1ccc(-c2[nH]nc3c2C(C2CCCC2)CC(=O)N3)cc1. The van der Waals surface area contributed by atoms with Crippen LogP contribution in [0.15, 0.2) is 24.3 Å². The smallest absolute Gasteiger partial charge is 0.226 e. The Morgan fingerprint density at radius 2 is 1.96 bits per heavy atom. The van der Waals surface area contributed by atoms with Gasteiger partial charge < -0.3 is 10.1 Å². The predicted molar refractivity (Wildman–Crippen MR) is 93.1 cm³/mol. The van der Waals surface area contributed by atoms with Gasteiger partial charge >= 0.3 is 0 Å². The van der Waals surface area contributed by atoms with Gasteiger partial charge in [-0.2, -0.15) is 5.10 Å². The summed E-state index contributed by atoms with van der Waals surface area (Å²) >= 11 is 0. The molecule has 1 unspecified atom stereocenters. The van der Waals surface area contributed by atoms with Crippen molar-refractivity contribution in [3.05, 3.63) is 29.8 Å². The molecule has 1 aliphatic carbocycles. The average Bonchev–Trinajstić information content (AvgIpc) is 3.25. The number of nitrogens with zero attached hydrogens (tertiary/aromatic N) is 1. The lowest BCUT2D eigenvalue weighted by Crippen LogP contribution is -2.26. The predicted octanol–water partition coefficient (Wildman–Crippen LogP) is 4.09. The minimum Gasteiger partial charge on any atom is -0.494 e. The lowest BCUT2D eigenvalue weighted by atomic mass is 9.79. The molecule has 1 saturated carbocycles. The Hall–Kier alpha value is -2.30. The average molecular weight is 325 g/mol. The molecule has 1 amide bonds. The van der Waals surface area contributed by atoms with E-state index < -0.39 is 0 Å². The number of fused-ring (bicyclic) bond motifs is 1. The molecule has 1 aliphatic heterocycles. The van der Waals surface area contributed by atoms with Gasteiger partial charge in [-0.1, -0.05) is 12.8 Å². The van der Waals surface area contributed by atoms with Crippen LogP contribution in [0.3, 0.4) is 0 Å². The molecule has 5 nitrogen and oxygen atoms in total. The van der Waals surface area contributed by atoms with Crippen LogP contribution in [0.1, 0.15) is 50.5 Å². The van der Waals surface area contributed by atoms with Crippen molar-refractivity contribution in [2.45, 2.75) is 44.9 Å². The fourth-order valence-electron chi connectivity index (χ4n) is 4.16. The van der Waals surface area contributed by atoms with Gasteiger partial charge in [-0.05, 0) is 49.9 Å². The fourth-order valence-corrected chi connectivity index (χ4v) is 4.16. The number of amides is 1. The number of H-pyrrole nitrogens is 1. The largest absolute Gasteiger partial charge is 0.494 e.